The van der Waals surface area contributed by atoms with E-state index in [4.69, 9.17) is 14.6 Å². The molecule has 184 valence electrons. The van der Waals surface area contributed by atoms with Gasteiger partial charge in [-0.2, -0.15) is 0 Å². The summed E-state index contributed by atoms with van der Waals surface area (Å²) in [5, 5.41) is 23.9. The van der Waals surface area contributed by atoms with Gasteiger partial charge >= 0.3 is 11.9 Å². The highest BCUT2D eigenvalue weighted by Gasteiger charge is 2.19. The Morgan fingerprint density at radius 1 is 0.778 bits per heavy atom. The summed E-state index contributed by atoms with van der Waals surface area (Å²) < 4.78 is 11.0. The van der Waals surface area contributed by atoms with Crippen molar-refractivity contribution < 1.29 is 38.9 Å². The average molecular weight is 509 g/mol. The lowest BCUT2D eigenvalue weighted by atomic mass is 10.0. The number of benzene rings is 3. The van der Waals surface area contributed by atoms with Gasteiger partial charge in [0.05, 0.1) is 22.4 Å². The van der Waals surface area contributed by atoms with Gasteiger partial charge in [0, 0.05) is 22.3 Å². The smallest absolute Gasteiger partial charge is 0.336 e. The monoisotopic (exact) mass is 508 g/mol. The molecule has 0 unspecified atom stereocenters. The third-order valence-corrected chi connectivity index (χ3v) is 6.02. The number of anilines is 2. The third-order valence-electron chi connectivity index (χ3n) is 5.03. The molecule has 0 radical (unpaired) electrons. The van der Waals surface area contributed by atoms with Gasteiger partial charge in [0.1, 0.15) is 13.2 Å². The highest BCUT2D eigenvalue weighted by molar-refractivity contribution is 8.00. The van der Waals surface area contributed by atoms with Crippen molar-refractivity contribution in [2.24, 2.45) is 0 Å². The van der Waals surface area contributed by atoms with E-state index in [1.807, 2.05) is 0 Å². The molecule has 1 aliphatic rings. The van der Waals surface area contributed by atoms with Gasteiger partial charge in [-0.05, 0) is 48.5 Å². The van der Waals surface area contributed by atoms with Gasteiger partial charge in [-0.25, -0.2) is 9.59 Å². The first-order chi connectivity index (χ1) is 17.3. The van der Waals surface area contributed by atoms with Crippen molar-refractivity contribution in [3.8, 4) is 11.5 Å². The minimum Gasteiger partial charge on any atom is -0.486 e. The Balaban J connectivity index is 1.38. The van der Waals surface area contributed by atoms with Crippen molar-refractivity contribution in [1.29, 1.82) is 0 Å². The molecule has 3 aromatic rings. The second kappa shape index (κ2) is 10.8. The van der Waals surface area contributed by atoms with Crippen LogP contribution in [0.5, 0.6) is 11.5 Å². The fourth-order valence-electron chi connectivity index (χ4n) is 3.38. The Morgan fingerprint density at radius 2 is 1.53 bits per heavy atom. The molecule has 4 N–H and O–H groups in total. The van der Waals surface area contributed by atoms with Crippen LogP contribution in [0.15, 0.2) is 65.6 Å². The van der Waals surface area contributed by atoms with Crippen LogP contribution in [-0.4, -0.2) is 52.9 Å². The summed E-state index contributed by atoms with van der Waals surface area (Å²) in [5.74, 6) is -2.37. The summed E-state index contributed by atoms with van der Waals surface area (Å²) in [5.41, 5.74) is 0.125. The number of carbonyl (C=O) groups is 4. The molecule has 0 spiro atoms. The minimum absolute atomic E-state index is 0.103. The Kier molecular flexibility index (Phi) is 7.40. The van der Waals surface area contributed by atoms with Crippen LogP contribution < -0.4 is 20.1 Å². The number of ether oxygens (including phenoxy) is 2. The normalized spacial score (nSPS) is 11.9. The number of nitrogens with one attached hydrogen (secondary N) is 2. The van der Waals surface area contributed by atoms with Crippen LogP contribution in [0.4, 0.5) is 11.4 Å². The van der Waals surface area contributed by atoms with Crippen molar-refractivity contribution in [1.82, 2.24) is 0 Å². The molecule has 0 fully saturated rings. The van der Waals surface area contributed by atoms with E-state index in [1.54, 1.807) is 42.5 Å². The van der Waals surface area contributed by atoms with Crippen LogP contribution in [0.25, 0.3) is 0 Å². The zero-order valence-corrected chi connectivity index (χ0v) is 19.5. The Morgan fingerprint density at radius 3 is 2.28 bits per heavy atom. The molecular weight excluding hydrogens is 488 g/mol. The van der Waals surface area contributed by atoms with Gasteiger partial charge in [-0.15, -0.1) is 11.8 Å². The number of carbonyl (C=O) groups excluding carboxylic acids is 2. The fourth-order valence-corrected chi connectivity index (χ4v) is 4.14. The van der Waals surface area contributed by atoms with Gasteiger partial charge < -0.3 is 30.3 Å². The number of fused-ring (bicyclic) bond motifs is 1. The lowest BCUT2D eigenvalue weighted by molar-refractivity contribution is -0.113. The fraction of sp³-hybridized carbons (Fsp3) is 0.120. The molecular formula is C25H20N2O8S. The molecule has 3 aromatic carbocycles. The van der Waals surface area contributed by atoms with Crippen LogP contribution in [0.2, 0.25) is 0 Å². The average Bonchev–Trinajstić information content (AvgIpc) is 2.87. The molecule has 0 atom stereocenters. The molecule has 10 nitrogen and oxygen atoms in total. The number of rotatable bonds is 8. The zero-order valence-electron chi connectivity index (χ0n) is 18.6. The molecule has 36 heavy (non-hydrogen) atoms. The number of carboxylic acids is 2. The molecule has 11 heteroatoms. The van der Waals surface area contributed by atoms with Crippen LogP contribution in [-0.2, 0) is 4.79 Å². The van der Waals surface area contributed by atoms with Gasteiger partial charge in [0.15, 0.2) is 11.5 Å². The van der Waals surface area contributed by atoms with Gasteiger partial charge in [0.25, 0.3) is 5.91 Å². The predicted molar refractivity (Wildman–Crippen MR) is 132 cm³/mol. The molecule has 4 rings (SSSR count). The van der Waals surface area contributed by atoms with Gasteiger partial charge in [-0.3, -0.25) is 9.59 Å². The predicted octanol–water partition coefficient (Wildman–Crippen LogP) is 3.84. The third kappa shape index (κ3) is 5.94. The lowest BCUT2D eigenvalue weighted by Crippen LogP contribution is -2.17. The standard InChI is InChI=1S/C25H20N2O8S/c28-22(26-16-5-7-20-21(12-16)35-9-8-34-20)13-36-17-3-1-2-15(11-17)27-23(29)18-6-4-14(24(30)31)10-19(18)25(32)33/h1-7,10-12H,8-9,13H2,(H,26,28)(H,27,29)(H,30,31)(H,32,33). The topological polar surface area (TPSA) is 151 Å². The molecule has 0 saturated carbocycles. The number of thioether (sulfide) groups is 1. The van der Waals surface area contributed by atoms with Crippen molar-refractivity contribution in [3.63, 3.8) is 0 Å². The SMILES string of the molecule is O=C(CSc1cccc(NC(=O)c2ccc(C(=O)O)cc2C(=O)O)c1)Nc1ccc2c(c1)OCCO2. The summed E-state index contributed by atoms with van der Waals surface area (Å²) in [6, 6.07) is 15.1. The quantitative estimate of drug-likeness (QED) is 0.333. The van der Waals surface area contributed by atoms with Crippen molar-refractivity contribution in [2.45, 2.75) is 4.90 Å². The number of aromatic carboxylic acids is 2. The number of hydrogen-bond acceptors (Lipinski definition) is 7. The van der Waals surface area contributed by atoms with Crippen LogP contribution in [0.3, 0.4) is 0 Å². The molecule has 2 amide bonds. The van der Waals surface area contributed by atoms with E-state index in [-0.39, 0.29) is 22.8 Å². The van der Waals surface area contributed by atoms with E-state index in [0.717, 1.165) is 18.2 Å². The summed E-state index contributed by atoms with van der Waals surface area (Å²) in [7, 11) is 0. The maximum absolute atomic E-state index is 12.7. The number of carboxylic acid groups (broad SMARTS) is 2. The maximum Gasteiger partial charge on any atom is 0.336 e. The highest BCUT2D eigenvalue weighted by Crippen LogP contribution is 2.32. The van der Waals surface area contributed by atoms with Crippen LogP contribution >= 0.6 is 11.8 Å². The van der Waals surface area contributed by atoms with Crippen LogP contribution in [0.1, 0.15) is 31.1 Å². The zero-order chi connectivity index (χ0) is 25.7. The van der Waals surface area contributed by atoms with E-state index in [1.165, 1.54) is 11.8 Å². The van der Waals surface area contributed by atoms with Gasteiger partial charge in [0.2, 0.25) is 5.91 Å². The Bertz CT molecular complexity index is 1360. The molecule has 0 aromatic heterocycles. The first-order valence-corrected chi connectivity index (χ1v) is 11.6. The molecule has 1 aliphatic heterocycles. The summed E-state index contributed by atoms with van der Waals surface area (Å²) >= 11 is 1.25. The van der Waals surface area contributed by atoms with E-state index >= 15 is 0 Å². The molecule has 1 heterocycles. The molecule has 0 aliphatic carbocycles. The summed E-state index contributed by atoms with van der Waals surface area (Å²) in [6.45, 7) is 0.922. The van der Waals surface area contributed by atoms with E-state index in [2.05, 4.69) is 10.6 Å². The first-order valence-electron chi connectivity index (χ1n) is 10.6. The largest absolute Gasteiger partial charge is 0.486 e. The van der Waals surface area contributed by atoms with E-state index in [0.29, 0.717) is 41.0 Å². The van der Waals surface area contributed by atoms with Crippen LogP contribution in [0, 0.1) is 0 Å². The van der Waals surface area contributed by atoms with E-state index < -0.39 is 23.4 Å². The second-order valence-corrected chi connectivity index (χ2v) is 8.60. The number of amides is 2. The van der Waals surface area contributed by atoms with Crippen molar-refractivity contribution in [2.75, 3.05) is 29.6 Å². The van der Waals surface area contributed by atoms with Crippen molar-refractivity contribution in [3.05, 3.63) is 77.4 Å². The minimum atomic E-state index is -1.42. The summed E-state index contributed by atoms with van der Waals surface area (Å²) in [6.07, 6.45) is 0. The van der Waals surface area contributed by atoms with Gasteiger partial charge in [-0.1, -0.05) is 6.07 Å². The lowest BCUT2D eigenvalue weighted by Gasteiger charge is -2.19. The van der Waals surface area contributed by atoms with Crippen molar-refractivity contribution >= 4 is 46.9 Å². The Labute approximate surface area is 209 Å². The van der Waals surface area contributed by atoms with E-state index in [9.17, 15) is 24.3 Å². The summed E-state index contributed by atoms with van der Waals surface area (Å²) in [4.78, 5) is 48.4. The highest BCUT2D eigenvalue weighted by atomic mass is 32.2. The molecule has 0 saturated heterocycles. The molecule has 0 bridgehead atoms. The first kappa shape index (κ1) is 24.6. The number of hydrogen-bond donors (Lipinski definition) is 4. The Hall–Kier alpha value is -4.51. The second-order valence-electron chi connectivity index (χ2n) is 7.55. The maximum atomic E-state index is 12.7.